The fourth-order valence-corrected chi connectivity index (χ4v) is 16.3. The number of halogens is 3. The molecule has 1 atom stereocenters. The van der Waals surface area contributed by atoms with E-state index < -0.39 is 33.6 Å². The number of nitrogens with zero attached hydrogens (tertiary/aromatic N) is 1. The Morgan fingerprint density at radius 1 is 0.573 bits per heavy atom. The summed E-state index contributed by atoms with van der Waals surface area (Å²) in [6.07, 6.45) is 13.3. The smallest absolute Gasteiger partial charge is 0.422 e. The van der Waals surface area contributed by atoms with Crippen molar-refractivity contribution < 1.29 is 64.9 Å². The lowest BCUT2D eigenvalue weighted by molar-refractivity contribution is -0.351. The second-order valence-corrected chi connectivity index (χ2v) is 28.8. The minimum Gasteiger partial charge on any atom is -0.748 e. The second-order valence-electron chi connectivity index (χ2n) is 23.2. The average Bonchev–Trinajstić information content (AvgIpc) is 1.23. The monoisotopic (exact) mass is 1280 g/mol. The highest BCUT2D eigenvalue weighted by atomic mass is 32.2. The Morgan fingerprint density at radius 2 is 0.910 bits per heavy atom. The van der Waals surface area contributed by atoms with E-state index in [0.29, 0.717) is 30.8 Å². The van der Waals surface area contributed by atoms with E-state index in [2.05, 4.69) is 194 Å². The molecular formula is C71H88F3NO11S3. The number of morpholine rings is 1. The number of carbonyl (C=O) groups is 3. The molecule has 0 radical (unpaired) electrons. The topological polar surface area (TPSA) is 183 Å². The number of carboxylic acid groups (broad SMARTS) is 1. The molecule has 18 heteroatoms. The van der Waals surface area contributed by atoms with E-state index in [1.54, 1.807) is 0 Å². The maximum absolute atomic E-state index is 12.3. The number of hydrogen-bond donors (Lipinski definition) is 1. The third-order valence-corrected chi connectivity index (χ3v) is 21.2. The van der Waals surface area contributed by atoms with Crippen molar-refractivity contribution in [2.24, 2.45) is 23.2 Å². The summed E-state index contributed by atoms with van der Waals surface area (Å²) in [4.78, 5) is 43.9. The molecule has 89 heavy (non-hydrogen) atoms. The zero-order chi connectivity index (χ0) is 64.0. The largest absolute Gasteiger partial charge is 0.748 e. The number of unbranched alkanes of at least 4 members (excludes halogenated alkanes) is 8. The Balaban J connectivity index is 0.000000180. The molecule has 1 saturated heterocycles. The van der Waals surface area contributed by atoms with E-state index in [9.17, 15) is 45.6 Å². The van der Waals surface area contributed by atoms with E-state index in [1.807, 2.05) is 0 Å². The van der Waals surface area contributed by atoms with Gasteiger partial charge in [0.15, 0.2) is 35.0 Å². The molecule has 4 saturated carbocycles. The van der Waals surface area contributed by atoms with Crippen molar-refractivity contribution in [3.05, 3.63) is 182 Å². The minimum absolute atomic E-state index is 0.0146. The van der Waals surface area contributed by atoms with Crippen LogP contribution in [0.2, 0.25) is 0 Å². The zero-order valence-corrected chi connectivity index (χ0v) is 53.8. The molecule has 1 heterocycles. The number of aliphatic hydroxyl groups is 1. The molecule has 0 spiro atoms. The summed E-state index contributed by atoms with van der Waals surface area (Å²) in [5.41, 5.74) is -4.13. The first-order chi connectivity index (χ1) is 42.8. The fourth-order valence-electron chi connectivity index (χ4n) is 11.8. The van der Waals surface area contributed by atoms with Gasteiger partial charge in [-0.2, -0.15) is 13.2 Å². The van der Waals surface area contributed by atoms with Crippen molar-refractivity contribution in [2.75, 3.05) is 51.8 Å². The van der Waals surface area contributed by atoms with Crippen molar-refractivity contribution in [3.8, 4) is 0 Å². The number of rotatable bonds is 24. The molecule has 0 aromatic heterocycles. The normalized spacial score (nSPS) is 19.1. The first kappa shape index (κ1) is 72.1. The van der Waals surface area contributed by atoms with Crippen molar-refractivity contribution in [2.45, 2.75) is 158 Å². The van der Waals surface area contributed by atoms with Crippen LogP contribution in [0.25, 0.3) is 0 Å². The van der Waals surface area contributed by atoms with Crippen molar-refractivity contribution >= 4 is 49.8 Å². The Kier molecular flexibility index (Phi) is 30.3. The quantitative estimate of drug-likeness (QED) is 0.0262. The summed E-state index contributed by atoms with van der Waals surface area (Å²) in [6.45, 7) is 6.93. The second kappa shape index (κ2) is 37.4. The maximum Gasteiger partial charge on any atom is 0.422 e. The first-order valence-electron chi connectivity index (χ1n) is 31.1. The van der Waals surface area contributed by atoms with Crippen LogP contribution >= 0.6 is 0 Å². The standard InChI is InChI=1S/C18H35NO3.2C18H15S.C13H20O5S.C4H5F3O3/c1-2-3-4-5-6-7-8-9-10-11-18(20)22-17-14-19-12-15-21-16-13-19;2*1-4-10-16(11-5-1)19(17-12-6-2-7-13-17)18-14-8-3-9-15-18;14-12(18-1-2-19(15,16)17)13-6-9-3-10(7-13)5-11(4-9)8-13;1-3(10,2(8)9)4(5,6)7/h2-17H2,1H3;2*1-15H;9-11H,1-8H2,(H,15,16,17);10H,1H3,(H,8,9)/q;2*+1;;/p-2. The van der Waals surface area contributed by atoms with Gasteiger partial charge >= 0.3 is 18.1 Å². The lowest BCUT2D eigenvalue weighted by Gasteiger charge is -2.55. The predicted octanol–water partition coefficient (Wildman–Crippen LogP) is 13.7. The molecule has 5 aliphatic rings. The van der Waals surface area contributed by atoms with Crippen LogP contribution in [-0.2, 0) is 60.5 Å². The van der Waals surface area contributed by atoms with Gasteiger partial charge in [0.1, 0.15) is 13.2 Å². The lowest BCUT2D eigenvalue weighted by Crippen LogP contribution is -2.56. The Morgan fingerprint density at radius 3 is 1.21 bits per heavy atom. The van der Waals surface area contributed by atoms with Gasteiger partial charge in [-0.3, -0.25) is 14.5 Å². The van der Waals surface area contributed by atoms with Gasteiger partial charge in [0.05, 0.1) is 62.3 Å². The molecule has 5 fully saturated rings. The number of esters is 2. The Hall–Kier alpha value is -5.99. The van der Waals surface area contributed by atoms with Crippen LogP contribution < -0.4 is 5.11 Å². The van der Waals surface area contributed by atoms with E-state index in [1.165, 1.54) is 93.6 Å². The first-order valence-corrected chi connectivity index (χ1v) is 35.2. The summed E-state index contributed by atoms with van der Waals surface area (Å²) in [7, 11) is -4.33. The highest BCUT2D eigenvalue weighted by Crippen LogP contribution is 2.60. The highest BCUT2D eigenvalue weighted by Gasteiger charge is 2.55. The van der Waals surface area contributed by atoms with Crippen molar-refractivity contribution in [3.63, 3.8) is 0 Å². The molecular weight excluding hydrogens is 1200 g/mol. The molecule has 12 nitrogen and oxygen atoms in total. The molecule has 482 valence electrons. The van der Waals surface area contributed by atoms with Crippen molar-refractivity contribution in [1.29, 1.82) is 0 Å². The van der Waals surface area contributed by atoms with Crippen LogP contribution in [0.5, 0.6) is 0 Å². The van der Waals surface area contributed by atoms with E-state index in [0.717, 1.165) is 65.0 Å². The van der Waals surface area contributed by atoms with Crippen LogP contribution in [0, 0.1) is 23.2 Å². The van der Waals surface area contributed by atoms with E-state index in [4.69, 9.17) is 19.3 Å². The molecule has 11 rings (SSSR count). The summed E-state index contributed by atoms with van der Waals surface area (Å²) < 4.78 is 81.5. The van der Waals surface area contributed by atoms with E-state index in [-0.39, 0.29) is 52.7 Å². The summed E-state index contributed by atoms with van der Waals surface area (Å²) in [6, 6.07) is 64.3. The third kappa shape index (κ3) is 24.6. The number of carboxylic acids is 1. The molecule has 1 N–H and O–H groups in total. The molecule has 6 aromatic rings. The number of hydrogen-bond acceptors (Lipinski definition) is 12. The zero-order valence-electron chi connectivity index (χ0n) is 51.4. The van der Waals surface area contributed by atoms with Crippen LogP contribution in [0.1, 0.15) is 117 Å². The van der Waals surface area contributed by atoms with Gasteiger partial charge in [0.25, 0.3) is 0 Å². The summed E-state index contributed by atoms with van der Waals surface area (Å²) >= 11 is 0. The molecule has 4 aliphatic carbocycles. The summed E-state index contributed by atoms with van der Waals surface area (Å²) in [5.74, 6) is -1.55. The average molecular weight is 1280 g/mol. The van der Waals surface area contributed by atoms with Crippen molar-refractivity contribution in [1.82, 2.24) is 4.90 Å². The SMILES string of the molecule is CC(O)(C(=O)[O-])C(F)(F)F.CCCCCCCCCCCC(=O)OCCN1CCOCC1.O=C(OCCS(=O)(=O)[O-])C12CC3CC(CC(C3)C1)C2.c1ccc([S+](c2ccccc2)c2ccccc2)cc1.c1ccc([S+](c2ccccc2)c2ccccc2)cc1. The van der Waals surface area contributed by atoms with Crippen LogP contribution in [0.15, 0.2) is 211 Å². The van der Waals surface area contributed by atoms with Gasteiger partial charge in [-0.15, -0.1) is 0 Å². The van der Waals surface area contributed by atoms with Crippen LogP contribution in [0.4, 0.5) is 13.2 Å². The Labute approximate surface area is 531 Å². The predicted molar refractivity (Wildman–Crippen MR) is 341 cm³/mol. The van der Waals surface area contributed by atoms with Gasteiger partial charge in [-0.25, -0.2) is 8.42 Å². The van der Waals surface area contributed by atoms with Gasteiger partial charge in [0, 0.05) is 26.1 Å². The minimum atomic E-state index is -5.19. The maximum atomic E-state index is 12.3. The summed E-state index contributed by atoms with van der Waals surface area (Å²) in [5, 5.41) is 17.7. The van der Waals surface area contributed by atoms with Gasteiger partial charge < -0.3 is 33.8 Å². The molecule has 0 amide bonds. The molecule has 1 aliphatic heterocycles. The van der Waals surface area contributed by atoms with Gasteiger partial charge in [-0.1, -0.05) is 167 Å². The Bertz CT molecular complexity index is 2730. The third-order valence-electron chi connectivity index (χ3n) is 16.1. The van der Waals surface area contributed by atoms with Gasteiger partial charge in [0.2, 0.25) is 0 Å². The van der Waals surface area contributed by atoms with E-state index >= 15 is 0 Å². The molecule has 6 aromatic carbocycles. The molecule has 1 unspecified atom stereocenters. The number of aliphatic carboxylic acids is 1. The van der Waals surface area contributed by atoms with Crippen LogP contribution in [-0.4, -0.2) is 104 Å². The van der Waals surface area contributed by atoms with Gasteiger partial charge in [-0.05, 0) is 142 Å². The lowest BCUT2D eigenvalue weighted by atomic mass is 9.49. The molecule has 4 bridgehead atoms. The fraction of sp³-hybridized carbons (Fsp3) is 0.451. The highest BCUT2D eigenvalue weighted by molar-refractivity contribution is 7.97. The number of benzene rings is 6. The number of ether oxygens (including phenoxy) is 3. The number of alkyl halides is 3. The van der Waals surface area contributed by atoms with Crippen LogP contribution in [0.3, 0.4) is 0 Å². The number of carbonyl (C=O) groups excluding carboxylic acids is 3.